The normalized spacial score (nSPS) is 16.8. The van der Waals surface area contributed by atoms with Crippen molar-refractivity contribution < 1.29 is 14.4 Å². The molecule has 0 bridgehead atoms. The maximum absolute atomic E-state index is 13.2. The number of carbonyl (C=O) groups is 3. The fourth-order valence-corrected chi connectivity index (χ4v) is 8.48. The van der Waals surface area contributed by atoms with E-state index >= 15 is 0 Å². The average molecular weight is 796 g/mol. The van der Waals surface area contributed by atoms with Gasteiger partial charge >= 0.3 is 0 Å². The molecule has 14 nitrogen and oxygen atoms in total. The molecule has 0 unspecified atom stereocenters. The third-order valence-electron chi connectivity index (χ3n) is 11.5. The Morgan fingerprint density at radius 3 is 1.63 bits per heavy atom. The van der Waals surface area contributed by atoms with E-state index in [0.717, 1.165) is 70.5 Å². The fourth-order valence-electron chi connectivity index (χ4n) is 8.48. The second-order valence-electron chi connectivity index (χ2n) is 15.4. The summed E-state index contributed by atoms with van der Waals surface area (Å²) in [6, 6.07) is 25.4. The van der Waals surface area contributed by atoms with Gasteiger partial charge in [0.2, 0.25) is 17.7 Å². The molecule has 3 amide bonds. The van der Waals surface area contributed by atoms with Crippen molar-refractivity contribution in [3.63, 3.8) is 0 Å². The first-order chi connectivity index (χ1) is 28.6. The zero-order chi connectivity index (χ0) is 41.7. The molecule has 2 N–H and O–H groups in total. The number of nitrogen functional groups attached to an aromatic ring is 1. The van der Waals surface area contributed by atoms with Crippen LogP contribution in [0, 0.1) is 28.6 Å². The lowest BCUT2D eigenvalue weighted by molar-refractivity contribution is -0.138. The van der Waals surface area contributed by atoms with E-state index in [1.165, 1.54) is 12.5 Å². The highest BCUT2D eigenvalue weighted by Gasteiger charge is 2.35. The highest BCUT2D eigenvalue weighted by molar-refractivity contribution is 5.93. The molecule has 0 aliphatic carbocycles. The predicted molar refractivity (Wildman–Crippen MR) is 225 cm³/mol. The summed E-state index contributed by atoms with van der Waals surface area (Å²) in [5.41, 5.74) is 9.06. The molecule has 0 saturated carbocycles. The lowest BCUT2D eigenvalue weighted by Crippen LogP contribution is -2.51. The van der Waals surface area contributed by atoms with Crippen molar-refractivity contribution in [1.29, 1.82) is 10.5 Å². The number of anilines is 3. The van der Waals surface area contributed by atoms with Crippen molar-refractivity contribution in [2.75, 3.05) is 54.8 Å². The minimum Gasteiger partial charge on any atom is -0.384 e. The molecule has 1 aromatic carbocycles. The van der Waals surface area contributed by atoms with Gasteiger partial charge in [0, 0.05) is 89.7 Å². The van der Waals surface area contributed by atoms with Gasteiger partial charge in [0.15, 0.2) is 11.6 Å². The highest BCUT2D eigenvalue weighted by Crippen LogP contribution is 2.29. The van der Waals surface area contributed by atoms with Gasteiger partial charge in [-0.3, -0.25) is 34.0 Å². The SMILES string of the molecule is CC(=O)N(c1ncccc1C#N)C1CCN(C(=O)C2CCN(Cc3ccnc(N)c3)CC2)CC1.CC(=O)N(c1ncccc1C#N)C1CCN(Cc2ccccc2)CC1. The lowest BCUT2D eigenvalue weighted by atomic mass is 9.93. The predicted octanol–water partition coefficient (Wildman–Crippen LogP) is 5.16. The third kappa shape index (κ3) is 11.0. The number of carbonyl (C=O) groups excluding carboxylic acids is 3. The van der Waals surface area contributed by atoms with Crippen LogP contribution in [0.5, 0.6) is 0 Å². The van der Waals surface area contributed by atoms with Gasteiger partial charge in [-0.05, 0) is 99.1 Å². The molecule has 0 spiro atoms. The molecule has 3 aliphatic heterocycles. The Morgan fingerprint density at radius 2 is 1.14 bits per heavy atom. The minimum atomic E-state index is -0.136. The Labute approximate surface area is 346 Å². The lowest BCUT2D eigenvalue weighted by Gasteiger charge is -2.40. The summed E-state index contributed by atoms with van der Waals surface area (Å²) in [6.45, 7) is 9.63. The molecular formula is C45H53N11O3. The van der Waals surface area contributed by atoms with Crippen molar-refractivity contribution in [2.24, 2.45) is 5.92 Å². The second-order valence-corrected chi connectivity index (χ2v) is 15.4. The number of nitrogens with two attached hydrogens (primary N) is 1. The molecule has 0 radical (unpaired) electrons. The molecule has 4 aromatic rings. The number of nitrogens with zero attached hydrogens (tertiary/aromatic N) is 10. The van der Waals surface area contributed by atoms with Crippen molar-refractivity contribution in [2.45, 2.75) is 77.5 Å². The monoisotopic (exact) mass is 795 g/mol. The Morgan fingerprint density at radius 1 is 0.644 bits per heavy atom. The van der Waals surface area contributed by atoms with Gasteiger partial charge in [-0.1, -0.05) is 30.3 Å². The molecule has 306 valence electrons. The Bertz CT molecular complexity index is 2130. The Kier molecular flexibility index (Phi) is 14.7. The molecule has 3 saturated heterocycles. The van der Waals surface area contributed by atoms with E-state index in [1.807, 2.05) is 23.1 Å². The van der Waals surface area contributed by atoms with Crippen LogP contribution in [0.15, 0.2) is 85.3 Å². The standard InChI is InChI=1S/C25H31N7O2.C20H22N4O/c1-18(33)32(24-21(16-26)3-2-9-29-24)22-7-13-31(14-8-22)25(34)20-5-11-30(12-6-20)17-19-4-10-28-23(27)15-19;1-16(25)24(20-18(14-21)8-5-11-22-20)19-9-12-23(13-10-19)15-17-6-3-2-4-7-17/h2-4,9-10,15,20,22H,5-8,11-14,17H2,1H3,(H2,27,28);2-8,11,19H,9-10,12-13,15H2,1H3. The Balaban J connectivity index is 0.000000208. The summed E-state index contributed by atoms with van der Waals surface area (Å²) in [5.74, 6) is 1.49. The van der Waals surface area contributed by atoms with Crippen LogP contribution in [-0.2, 0) is 27.5 Å². The number of hydrogen-bond acceptors (Lipinski definition) is 11. The zero-order valence-corrected chi connectivity index (χ0v) is 34.0. The topological polar surface area (TPSA) is 180 Å². The molecular weight excluding hydrogens is 743 g/mol. The number of hydrogen-bond donors (Lipinski definition) is 1. The quantitative estimate of drug-likeness (QED) is 0.237. The molecule has 59 heavy (non-hydrogen) atoms. The second kappa shape index (κ2) is 20.5. The van der Waals surface area contributed by atoms with Crippen molar-refractivity contribution in [3.05, 3.63) is 108 Å². The van der Waals surface area contributed by atoms with Crippen LogP contribution in [0.1, 0.15) is 74.6 Å². The van der Waals surface area contributed by atoms with Gasteiger partial charge in [-0.25, -0.2) is 15.0 Å². The van der Waals surface area contributed by atoms with Gasteiger partial charge in [0.25, 0.3) is 0 Å². The van der Waals surface area contributed by atoms with Crippen LogP contribution in [0.3, 0.4) is 0 Å². The summed E-state index contributed by atoms with van der Waals surface area (Å²) >= 11 is 0. The van der Waals surface area contributed by atoms with Crippen molar-refractivity contribution in [1.82, 2.24) is 29.7 Å². The van der Waals surface area contributed by atoms with Gasteiger partial charge < -0.3 is 10.6 Å². The first-order valence-electron chi connectivity index (χ1n) is 20.4. The number of amides is 3. The van der Waals surface area contributed by atoms with Gasteiger partial charge in [-0.2, -0.15) is 10.5 Å². The van der Waals surface area contributed by atoms with Crippen molar-refractivity contribution >= 4 is 35.2 Å². The number of piperidine rings is 3. The molecule has 3 fully saturated rings. The van der Waals surface area contributed by atoms with Crippen molar-refractivity contribution in [3.8, 4) is 12.1 Å². The van der Waals surface area contributed by atoms with Gasteiger partial charge in [-0.15, -0.1) is 0 Å². The molecule has 3 aliphatic rings. The van der Waals surface area contributed by atoms with E-state index in [9.17, 15) is 24.9 Å². The van der Waals surface area contributed by atoms with E-state index in [4.69, 9.17) is 5.73 Å². The zero-order valence-electron chi connectivity index (χ0n) is 34.0. The number of aromatic nitrogens is 3. The fraction of sp³-hybridized carbons (Fsp3) is 0.422. The number of pyridine rings is 3. The van der Waals surface area contributed by atoms with Crippen LogP contribution in [0.25, 0.3) is 0 Å². The van der Waals surface area contributed by atoms with Crippen LogP contribution in [0.2, 0.25) is 0 Å². The summed E-state index contributed by atoms with van der Waals surface area (Å²) < 4.78 is 0. The maximum atomic E-state index is 13.2. The smallest absolute Gasteiger partial charge is 0.225 e. The number of benzene rings is 1. The summed E-state index contributed by atoms with van der Waals surface area (Å²) in [4.78, 5) is 60.6. The van der Waals surface area contributed by atoms with Crippen LogP contribution >= 0.6 is 0 Å². The number of nitriles is 2. The number of rotatable bonds is 9. The van der Waals surface area contributed by atoms with Gasteiger partial charge in [0.1, 0.15) is 18.0 Å². The number of likely N-dealkylation sites (tertiary alicyclic amines) is 3. The van der Waals surface area contributed by atoms with E-state index in [-0.39, 0.29) is 35.7 Å². The molecule has 0 atom stereocenters. The minimum absolute atomic E-state index is 0.0419. The molecule has 3 aromatic heterocycles. The highest BCUT2D eigenvalue weighted by atomic mass is 16.2. The van der Waals surface area contributed by atoms with Gasteiger partial charge in [0.05, 0.1) is 11.1 Å². The average Bonchev–Trinajstić information content (AvgIpc) is 3.25. The van der Waals surface area contributed by atoms with Crippen LogP contribution in [-0.4, -0.2) is 98.7 Å². The third-order valence-corrected chi connectivity index (χ3v) is 11.5. The van der Waals surface area contributed by atoms with E-state index in [0.29, 0.717) is 54.5 Å². The summed E-state index contributed by atoms with van der Waals surface area (Å²) in [7, 11) is 0. The van der Waals surface area contributed by atoms with Crippen LogP contribution in [0.4, 0.5) is 17.5 Å². The first kappa shape index (κ1) is 42.4. The molecule has 6 heterocycles. The van der Waals surface area contributed by atoms with E-state index < -0.39 is 0 Å². The summed E-state index contributed by atoms with van der Waals surface area (Å²) in [5, 5.41) is 18.7. The van der Waals surface area contributed by atoms with E-state index in [2.05, 4.69) is 61.2 Å². The summed E-state index contributed by atoms with van der Waals surface area (Å²) in [6.07, 6.45) is 9.77. The van der Waals surface area contributed by atoms with Crippen LogP contribution < -0.4 is 15.5 Å². The maximum Gasteiger partial charge on any atom is 0.225 e. The molecule has 7 rings (SSSR count). The van der Waals surface area contributed by atoms with E-state index in [1.54, 1.807) is 59.6 Å². The first-order valence-corrected chi connectivity index (χ1v) is 20.4. The largest absolute Gasteiger partial charge is 0.384 e. The molecule has 14 heteroatoms. The Hall–Kier alpha value is -6.22.